The first-order chi connectivity index (χ1) is 11.6. The maximum absolute atomic E-state index is 12.8. The van der Waals surface area contributed by atoms with Gasteiger partial charge in [-0.1, -0.05) is 23.4 Å². The van der Waals surface area contributed by atoms with Crippen LogP contribution in [0.25, 0.3) is 0 Å². The highest BCUT2D eigenvalue weighted by Gasteiger charge is 2.16. The summed E-state index contributed by atoms with van der Waals surface area (Å²) in [7, 11) is 0. The topological polar surface area (TPSA) is 58.1 Å². The molecule has 2 aromatic rings. The number of rotatable bonds is 5. The third kappa shape index (κ3) is 4.58. The van der Waals surface area contributed by atoms with Crippen LogP contribution in [0.4, 0.5) is 15.9 Å². The summed E-state index contributed by atoms with van der Waals surface area (Å²) in [6, 6.07) is 7.37. The molecule has 3 rings (SSSR count). The van der Waals surface area contributed by atoms with Gasteiger partial charge >= 0.3 is 0 Å². The first-order valence-corrected chi connectivity index (χ1v) is 8.94. The van der Waals surface area contributed by atoms with E-state index in [0.717, 1.165) is 31.7 Å². The van der Waals surface area contributed by atoms with Crippen molar-refractivity contribution in [2.75, 3.05) is 29.1 Å². The van der Waals surface area contributed by atoms with Crippen molar-refractivity contribution in [2.24, 2.45) is 0 Å². The monoisotopic (exact) mass is 366 g/mol. The zero-order valence-corrected chi connectivity index (χ0v) is 14.4. The van der Waals surface area contributed by atoms with Gasteiger partial charge < -0.3 is 10.2 Å². The number of amides is 1. The Morgan fingerprint density at radius 1 is 1.25 bits per heavy atom. The number of hydrogen-bond acceptors (Lipinski definition) is 5. The van der Waals surface area contributed by atoms with E-state index < -0.39 is 0 Å². The smallest absolute Gasteiger partial charge is 0.234 e. The number of carbonyl (C=O) groups is 1. The summed E-state index contributed by atoms with van der Waals surface area (Å²) < 4.78 is 12.8. The zero-order chi connectivity index (χ0) is 16.9. The molecule has 1 aliphatic heterocycles. The highest BCUT2D eigenvalue weighted by Crippen LogP contribution is 2.24. The molecule has 0 spiro atoms. The average molecular weight is 367 g/mol. The molecule has 1 fully saturated rings. The predicted molar refractivity (Wildman–Crippen MR) is 94.2 cm³/mol. The number of carbonyl (C=O) groups excluding carboxylic acids is 1. The van der Waals surface area contributed by atoms with E-state index in [9.17, 15) is 9.18 Å². The summed E-state index contributed by atoms with van der Waals surface area (Å²) >= 11 is 7.28. The van der Waals surface area contributed by atoms with Gasteiger partial charge in [0.25, 0.3) is 0 Å². The molecule has 8 heteroatoms. The number of anilines is 2. The van der Waals surface area contributed by atoms with Crippen molar-refractivity contribution in [1.82, 2.24) is 9.97 Å². The second-order valence-electron chi connectivity index (χ2n) is 5.37. The lowest BCUT2D eigenvalue weighted by molar-refractivity contribution is -0.113. The molecule has 0 atom stereocenters. The first kappa shape index (κ1) is 17.0. The quantitative estimate of drug-likeness (QED) is 0.497. The number of hydrogen-bond donors (Lipinski definition) is 1. The number of benzene rings is 1. The number of nitrogens with zero attached hydrogens (tertiary/aromatic N) is 3. The van der Waals surface area contributed by atoms with Crippen molar-refractivity contribution in [3.8, 4) is 0 Å². The van der Waals surface area contributed by atoms with Crippen molar-refractivity contribution >= 4 is 40.8 Å². The van der Waals surface area contributed by atoms with Gasteiger partial charge in [-0.2, -0.15) is 0 Å². The minimum atomic E-state index is -0.343. The van der Waals surface area contributed by atoms with Crippen LogP contribution in [0.5, 0.6) is 0 Å². The van der Waals surface area contributed by atoms with Gasteiger partial charge in [-0.15, -0.1) is 0 Å². The van der Waals surface area contributed by atoms with Crippen molar-refractivity contribution in [2.45, 2.75) is 18.0 Å². The number of thioether (sulfide) groups is 1. The van der Waals surface area contributed by atoms with Gasteiger partial charge in [-0.3, -0.25) is 4.79 Å². The molecule has 0 radical (unpaired) electrons. The minimum Gasteiger partial charge on any atom is -0.356 e. The third-order valence-electron chi connectivity index (χ3n) is 3.55. The molecule has 1 aromatic heterocycles. The molecule has 1 saturated heterocycles. The fraction of sp³-hybridized carbons (Fsp3) is 0.312. The van der Waals surface area contributed by atoms with Gasteiger partial charge in [0, 0.05) is 24.8 Å². The summed E-state index contributed by atoms with van der Waals surface area (Å²) in [5, 5.41) is 3.54. The molecule has 0 unspecified atom stereocenters. The van der Waals surface area contributed by atoms with Gasteiger partial charge in [0.1, 0.15) is 16.8 Å². The van der Waals surface area contributed by atoms with E-state index in [1.807, 2.05) is 0 Å². The van der Waals surface area contributed by atoms with Crippen LogP contribution >= 0.6 is 23.4 Å². The Hall–Kier alpha value is -1.86. The minimum absolute atomic E-state index is 0.150. The molecule has 126 valence electrons. The summed E-state index contributed by atoms with van der Waals surface area (Å²) in [5.41, 5.74) is 0.548. The first-order valence-electron chi connectivity index (χ1n) is 7.58. The lowest BCUT2D eigenvalue weighted by Crippen LogP contribution is -2.19. The molecular weight excluding hydrogens is 351 g/mol. The zero-order valence-electron chi connectivity index (χ0n) is 12.8. The van der Waals surface area contributed by atoms with Crippen molar-refractivity contribution in [3.05, 3.63) is 41.3 Å². The molecule has 1 aliphatic rings. The van der Waals surface area contributed by atoms with Crippen LogP contribution in [0.1, 0.15) is 12.8 Å². The van der Waals surface area contributed by atoms with E-state index in [4.69, 9.17) is 11.6 Å². The van der Waals surface area contributed by atoms with Crippen molar-refractivity contribution in [3.63, 3.8) is 0 Å². The molecule has 1 N–H and O–H groups in total. The van der Waals surface area contributed by atoms with Gasteiger partial charge in [0.15, 0.2) is 5.16 Å². The summed E-state index contributed by atoms with van der Waals surface area (Å²) in [6.45, 7) is 1.92. The number of aromatic nitrogens is 2. The maximum Gasteiger partial charge on any atom is 0.234 e. The van der Waals surface area contributed by atoms with Crippen molar-refractivity contribution in [1.29, 1.82) is 0 Å². The number of halogens is 2. The Kier molecular flexibility index (Phi) is 5.52. The maximum atomic E-state index is 12.8. The normalized spacial score (nSPS) is 14.0. The Morgan fingerprint density at radius 2 is 1.96 bits per heavy atom. The SMILES string of the molecule is O=C(CSc1nc(Cl)cc(N2CCCC2)n1)Nc1ccc(F)cc1. The van der Waals surface area contributed by atoms with E-state index in [1.165, 1.54) is 36.0 Å². The molecule has 0 bridgehead atoms. The standard InChI is InChI=1S/C16H16ClFN4OS/c17-13-9-14(22-7-1-2-8-22)21-16(20-13)24-10-15(23)19-12-5-3-11(18)4-6-12/h3-6,9H,1-2,7-8,10H2,(H,19,23). The summed E-state index contributed by atoms with van der Waals surface area (Å²) in [4.78, 5) is 22.8. The Labute approximate surface area is 148 Å². The van der Waals surface area contributed by atoms with Crippen LogP contribution in [0.2, 0.25) is 5.15 Å². The summed E-state index contributed by atoms with van der Waals surface area (Å²) in [5.74, 6) is 0.396. The molecular formula is C16H16ClFN4OS. The predicted octanol–water partition coefficient (Wildman–Crippen LogP) is 3.60. The van der Waals surface area contributed by atoms with Crippen LogP contribution in [0.3, 0.4) is 0 Å². The third-order valence-corrected chi connectivity index (χ3v) is 4.59. The fourth-order valence-electron chi connectivity index (χ4n) is 2.42. The molecule has 24 heavy (non-hydrogen) atoms. The second kappa shape index (κ2) is 7.81. The van der Waals surface area contributed by atoms with Gasteiger partial charge in [-0.05, 0) is 37.1 Å². The van der Waals surface area contributed by atoms with Crippen LogP contribution in [0, 0.1) is 5.82 Å². The van der Waals surface area contributed by atoms with Crippen LogP contribution < -0.4 is 10.2 Å². The van der Waals surface area contributed by atoms with Gasteiger partial charge in [0.2, 0.25) is 5.91 Å². The molecule has 0 saturated carbocycles. The molecule has 5 nitrogen and oxygen atoms in total. The summed E-state index contributed by atoms with van der Waals surface area (Å²) in [6.07, 6.45) is 2.29. The Balaban J connectivity index is 1.59. The van der Waals surface area contributed by atoms with Crippen LogP contribution in [-0.2, 0) is 4.79 Å². The average Bonchev–Trinajstić information content (AvgIpc) is 3.09. The number of nitrogens with one attached hydrogen (secondary N) is 1. The van der Waals surface area contributed by atoms with E-state index in [1.54, 1.807) is 6.07 Å². The highest BCUT2D eigenvalue weighted by molar-refractivity contribution is 7.99. The highest BCUT2D eigenvalue weighted by atomic mass is 35.5. The molecule has 2 heterocycles. The lowest BCUT2D eigenvalue weighted by Gasteiger charge is -2.16. The Bertz CT molecular complexity index is 723. The second-order valence-corrected chi connectivity index (χ2v) is 6.70. The fourth-order valence-corrected chi connectivity index (χ4v) is 3.30. The van der Waals surface area contributed by atoms with Gasteiger partial charge in [0.05, 0.1) is 5.75 Å². The van der Waals surface area contributed by atoms with Crippen LogP contribution in [0.15, 0.2) is 35.5 Å². The van der Waals surface area contributed by atoms with E-state index in [0.29, 0.717) is 16.0 Å². The van der Waals surface area contributed by atoms with E-state index in [2.05, 4.69) is 20.2 Å². The molecule has 1 aromatic carbocycles. The molecule has 1 amide bonds. The Morgan fingerprint density at radius 3 is 2.67 bits per heavy atom. The lowest BCUT2D eigenvalue weighted by atomic mass is 10.3. The van der Waals surface area contributed by atoms with E-state index in [-0.39, 0.29) is 17.5 Å². The molecule has 0 aliphatic carbocycles. The van der Waals surface area contributed by atoms with Gasteiger partial charge in [-0.25, -0.2) is 14.4 Å². The van der Waals surface area contributed by atoms with Crippen molar-refractivity contribution < 1.29 is 9.18 Å². The van der Waals surface area contributed by atoms with E-state index >= 15 is 0 Å². The largest absolute Gasteiger partial charge is 0.356 e. The van der Waals surface area contributed by atoms with Crippen LogP contribution in [-0.4, -0.2) is 34.7 Å².